The Morgan fingerprint density at radius 1 is 1.21 bits per heavy atom. The van der Waals surface area contributed by atoms with Crippen LogP contribution in [-0.2, 0) is 21.4 Å². The van der Waals surface area contributed by atoms with Crippen LogP contribution in [0.5, 0.6) is 0 Å². The van der Waals surface area contributed by atoms with Crippen molar-refractivity contribution in [3.63, 3.8) is 0 Å². The predicted molar refractivity (Wildman–Crippen MR) is 73.4 cm³/mol. The van der Waals surface area contributed by atoms with Crippen LogP contribution < -0.4 is 4.31 Å². The summed E-state index contributed by atoms with van der Waals surface area (Å²) in [5.74, 6) is 0. The summed E-state index contributed by atoms with van der Waals surface area (Å²) in [6.07, 6.45) is 0.778. The van der Waals surface area contributed by atoms with Gasteiger partial charge in [-0.1, -0.05) is 18.2 Å². The van der Waals surface area contributed by atoms with Crippen LogP contribution in [0.2, 0.25) is 0 Å². The van der Waals surface area contributed by atoms with E-state index in [9.17, 15) is 8.42 Å². The van der Waals surface area contributed by atoms with Crippen molar-refractivity contribution in [3.8, 4) is 0 Å². The van der Waals surface area contributed by atoms with E-state index in [1.165, 1.54) is 4.31 Å². The Labute approximate surface area is 114 Å². The highest BCUT2D eigenvalue weighted by molar-refractivity contribution is 7.90. The maximum Gasteiger partial charge on any atom is 0.304 e. The molecular formula is C13H18N2O3S. The van der Waals surface area contributed by atoms with Gasteiger partial charge in [0.1, 0.15) is 0 Å². The Morgan fingerprint density at radius 3 is 2.63 bits per heavy atom. The third-order valence-electron chi connectivity index (χ3n) is 3.69. The van der Waals surface area contributed by atoms with E-state index in [1.807, 2.05) is 31.2 Å². The second-order valence-corrected chi connectivity index (χ2v) is 6.80. The zero-order valence-corrected chi connectivity index (χ0v) is 11.8. The van der Waals surface area contributed by atoms with Crippen molar-refractivity contribution in [2.24, 2.45) is 0 Å². The summed E-state index contributed by atoms with van der Waals surface area (Å²) in [7, 11) is -3.44. The lowest BCUT2D eigenvalue weighted by atomic mass is 10.1. The van der Waals surface area contributed by atoms with Crippen molar-refractivity contribution < 1.29 is 13.2 Å². The van der Waals surface area contributed by atoms with Crippen LogP contribution in [0.25, 0.3) is 0 Å². The lowest BCUT2D eigenvalue weighted by Gasteiger charge is -2.33. The summed E-state index contributed by atoms with van der Waals surface area (Å²) < 4.78 is 33.8. The van der Waals surface area contributed by atoms with Gasteiger partial charge in [0.25, 0.3) is 0 Å². The normalized spacial score (nSPS) is 24.5. The van der Waals surface area contributed by atoms with Crippen LogP contribution in [0.3, 0.4) is 0 Å². The maximum absolute atomic E-state index is 12.8. The molecule has 2 heterocycles. The van der Waals surface area contributed by atoms with E-state index >= 15 is 0 Å². The fraction of sp³-hybridized carbons (Fsp3) is 0.538. The van der Waals surface area contributed by atoms with E-state index in [1.54, 1.807) is 4.31 Å². The van der Waals surface area contributed by atoms with Gasteiger partial charge < -0.3 is 4.74 Å². The number of ether oxygens (including phenoxy) is 1. The van der Waals surface area contributed by atoms with Gasteiger partial charge >= 0.3 is 10.2 Å². The first-order valence-electron chi connectivity index (χ1n) is 6.56. The van der Waals surface area contributed by atoms with Crippen LogP contribution in [0.4, 0.5) is 5.69 Å². The number of anilines is 1. The fourth-order valence-electron chi connectivity index (χ4n) is 2.79. The van der Waals surface area contributed by atoms with Gasteiger partial charge in [0.2, 0.25) is 0 Å². The lowest BCUT2D eigenvalue weighted by Crippen LogP contribution is -2.50. The number of hydrogen-bond acceptors (Lipinski definition) is 3. The van der Waals surface area contributed by atoms with E-state index in [0.717, 1.165) is 17.7 Å². The molecule has 0 saturated carbocycles. The molecule has 0 bridgehead atoms. The van der Waals surface area contributed by atoms with Crippen molar-refractivity contribution in [2.45, 2.75) is 19.4 Å². The molecule has 1 aromatic carbocycles. The van der Waals surface area contributed by atoms with Crippen molar-refractivity contribution in [3.05, 3.63) is 29.8 Å². The predicted octanol–water partition coefficient (Wildman–Crippen LogP) is 1.01. The smallest absolute Gasteiger partial charge is 0.304 e. The average molecular weight is 282 g/mol. The molecule has 0 aliphatic carbocycles. The zero-order chi connectivity index (χ0) is 13.5. The van der Waals surface area contributed by atoms with Crippen molar-refractivity contribution in [1.82, 2.24) is 4.31 Å². The second kappa shape index (κ2) is 4.77. The molecule has 0 aromatic heterocycles. The molecule has 0 N–H and O–H groups in total. The molecule has 2 aliphatic heterocycles. The highest BCUT2D eigenvalue weighted by Gasteiger charge is 2.38. The van der Waals surface area contributed by atoms with Crippen LogP contribution in [0.1, 0.15) is 12.5 Å². The molecule has 104 valence electrons. The summed E-state index contributed by atoms with van der Waals surface area (Å²) in [6.45, 7) is 3.78. The van der Waals surface area contributed by atoms with Gasteiger partial charge in [0.05, 0.1) is 18.9 Å². The minimum atomic E-state index is -3.44. The van der Waals surface area contributed by atoms with Crippen molar-refractivity contribution in [2.75, 3.05) is 30.6 Å². The first-order chi connectivity index (χ1) is 9.10. The van der Waals surface area contributed by atoms with E-state index < -0.39 is 10.2 Å². The minimum absolute atomic E-state index is 0.0229. The van der Waals surface area contributed by atoms with Crippen LogP contribution >= 0.6 is 0 Å². The Bertz CT molecular complexity index is 567. The monoisotopic (exact) mass is 282 g/mol. The summed E-state index contributed by atoms with van der Waals surface area (Å²) >= 11 is 0. The van der Waals surface area contributed by atoms with Gasteiger partial charge in [-0.2, -0.15) is 12.7 Å². The Balaban J connectivity index is 1.97. The summed E-state index contributed by atoms with van der Waals surface area (Å²) in [5, 5.41) is 0. The zero-order valence-electron chi connectivity index (χ0n) is 10.9. The van der Waals surface area contributed by atoms with Crippen LogP contribution in [0, 0.1) is 0 Å². The SMILES string of the molecule is C[C@@H]1Cc2ccccc2N1S(=O)(=O)N1CCOCC1. The summed E-state index contributed by atoms with van der Waals surface area (Å²) in [4.78, 5) is 0. The van der Waals surface area contributed by atoms with E-state index in [4.69, 9.17) is 4.74 Å². The number of morpholine rings is 1. The van der Waals surface area contributed by atoms with Gasteiger partial charge in [-0.15, -0.1) is 0 Å². The number of fused-ring (bicyclic) bond motifs is 1. The molecule has 0 spiro atoms. The molecule has 1 aromatic rings. The maximum atomic E-state index is 12.8. The molecule has 19 heavy (non-hydrogen) atoms. The summed E-state index contributed by atoms with van der Waals surface area (Å²) in [5.41, 5.74) is 1.92. The second-order valence-electron chi connectivity index (χ2n) is 5.00. The van der Waals surface area contributed by atoms with Gasteiger partial charge in [-0.25, -0.2) is 0 Å². The molecule has 5 nitrogen and oxygen atoms in total. The molecule has 0 amide bonds. The minimum Gasteiger partial charge on any atom is -0.379 e. The summed E-state index contributed by atoms with van der Waals surface area (Å²) in [6, 6.07) is 7.71. The highest BCUT2D eigenvalue weighted by Crippen LogP contribution is 2.35. The first-order valence-corrected chi connectivity index (χ1v) is 7.95. The number of hydrogen-bond donors (Lipinski definition) is 0. The molecule has 0 unspecified atom stereocenters. The van der Waals surface area contributed by atoms with E-state index in [2.05, 4.69) is 0 Å². The van der Waals surface area contributed by atoms with Gasteiger partial charge in [0, 0.05) is 19.1 Å². The molecule has 2 aliphatic rings. The Morgan fingerprint density at radius 2 is 1.89 bits per heavy atom. The third-order valence-corrected chi connectivity index (χ3v) is 5.76. The van der Waals surface area contributed by atoms with Gasteiger partial charge in [0.15, 0.2) is 0 Å². The quantitative estimate of drug-likeness (QED) is 0.813. The molecule has 1 atom stereocenters. The van der Waals surface area contributed by atoms with Crippen molar-refractivity contribution >= 4 is 15.9 Å². The van der Waals surface area contributed by atoms with Gasteiger partial charge in [-0.3, -0.25) is 4.31 Å². The highest BCUT2D eigenvalue weighted by atomic mass is 32.2. The Kier molecular flexibility index (Phi) is 3.24. The number of nitrogens with zero attached hydrogens (tertiary/aromatic N) is 2. The number of para-hydroxylation sites is 1. The molecule has 3 rings (SSSR count). The largest absolute Gasteiger partial charge is 0.379 e. The number of benzene rings is 1. The molecule has 0 radical (unpaired) electrons. The van der Waals surface area contributed by atoms with E-state index in [0.29, 0.717) is 26.3 Å². The lowest BCUT2D eigenvalue weighted by molar-refractivity contribution is 0.0728. The van der Waals surface area contributed by atoms with Gasteiger partial charge in [-0.05, 0) is 25.0 Å². The van der Waals surface area contributed by atoms with Crippen LogP contribution in [-0.4, -0.2) is 45.1 Å². The van der Waals surface area contributed by atoms with E-state index in [-0.39, 0.29) is 6.04 Å². The first kappa shape index (κ1) is 12.9. The molecule has 1 fully saturated rings. The molecule has 1 saturated heterocycles. The average Bonchev–Trinajstić information content (AvgIpc) is 2.76. The third kappa shape index (κ3) is 2.13. The molecule has 6 heteroatoms. The van der Waals surface area contributed by atoms with Crippen LogP contribution in [0.15, 0.2) is 24.3 Å². The molecular weight excluding hydrogens is 264 g/mol. The standard InChI is InChI=1S/C13H18N2O3S/c1-11-10-12-4-2-3-5-13(12)15(11)19(16,17)14-6-8-18-9-7-14/h2-5,11H,6-10H2,1H3/t11-/m1/s1. The number of rotatable bonds is 2. The Hall–Kier alpha value is -1.11. The topological polar surface area (TPSA) is 49.9 Å². The van der Waals surface area contributed by atoms with Crippen molar-refractivity contribution in [1.29, 1.82) is 0 Å². The fourth-order valence-corrected chi connectivity index (χ4v) is 4.61.